The molecule has 13 heteroatoms. The second kappa shape index (κ2) is 9.90. The third-order valence-corrected chi connectivity index (χ3v) is 4.29. The zero-order valence-electron chi connectivity index (χ0n) is 15.9. The number of nitrogens with zero attached hydrogens (tertiary/aromatic N) is 3. The Balaban J connectivity index is 1.77. The average molecular weight is 460 g/mol. The van der Waals surface area contributed by atoms with Gasteiger partial charge in [0.1, 0.15) is 0 Å². The first-order chi connectivity index (χ1) is 14.7. The summed E-state index contributed by atoms with van der Waals surface area (Å²) in [5.41, 5.74) is -0.335. The zero-order valence-corrected chi connectivity index (χ0v) is 16.7. The van der Waals surface area contributed by atoms with Crippen LogP contribution in [0.3, 0.4) is 0 Å². The van der Waals surface area contributed by atoms with E-state index in [4.69, 9.17) is 16.3 Å². The molecule has 1 aliphatic rings. The zero-order chi connectivity index (χ0) is 22.4. The number of alkyl halides is 3. The van der Waals surface area contributed by atoms with E-state index >= 15 is 0 Å². The number of ether oxygens (including phenoxy) is 2. The van der Waals surface area contributed by atoms with Crippen molar-refractivity contribution in [1.29, 1.82) is 0 Å². The molecular weight excluding hydrogens is 443 g/mol. The Labute approximate surface area is 179 Å². The van der Waals surface area contributed by atoms with Gasteiger partial charge in [0, 0.05) is 18.7 Å². The Morgan fingerprint density at radius 2 is 1.87 bits per heavy atom. The predicted molar refractivity (Wildman–Crippen MR) is 104 cm³/mol. The number of carbonyl (C=O) groups excluding carboxylic acids is 2. The minimum Gasteiger partial charge on any atom is -0.404 e. The lowest BCUT2D eigenvalue weighted by Crippen LogP contribution is -2.41. The highest BCUT2D eigenvalue weighted by Crippen LogP contribution is 2.31. The number of aromatic nitrogens is 2. The summed E-state index contributed by atoms with van der Waals surface area (Å²) < 4.78 is 47.4. The molecule has 2 amide bonds. The number of hydrogen-bond acceptors (Lipinski definition) is 7. The maximum absolute atomic E-state index is 12.7. The lowest BCUT2D eigenvalue weighted by Gasteiger charge is -2.26. The Hall–Kier alpha value is -2.96. The molecule has 31 heavy (non-hydrogen) atoms. The molecule has 1 aromatic carbocycles. The van der Waals surface area contributed by atoms with Gasteiger partial charge in [0.05, 0.1) is 25.4 Å². The van der Waals surface area contributed by atoms with Crippen molar-refractivity contribution >= 4 is 34.9 Å². The predicted octanol–water partition coefficient (Wildman–Crippen LogP) is 2.55. The molecule has 2 aromatic rings. The second-order valence-electron chi connectivity index (χ2n) is 6.39. The summed E-state index contributed by atoms with van der Waals surface area (Å²) in [5.74, 6) is -1.80. The Morgan fingerprint density at radius 3 is 2.52 bits per heavy atom. The van der Waals surface area contributed by atoms with Crippen LogP contribution in [0.2, 0.25) is 5.15 Å². The van der Waals surface area contributed by atoms with E-state index in [1.807, 2.05) is 0 Å². The fraction of sp³-hybridized carbons (Fsp3) is 0.333. The number of nitrogens with one attached hydrogen (secondary N) is 2. The number of benzene rings is 1. The SMILES string of the molecule is O=C(CN1CCOCC1)Nc1cc(C(=O)Nc2ccc(Cl)nn2)ccc1OC(F)(F)F. The number of anilines is 2. The van der Waals surface area contributed by atoms with E-state index < -0.39 is 23.9 Å². The number of amides is 2. The molecule has 0 saturated carbocycles. The fourth-order valence-electron chi connectivity index (χ4n) is 2.71. The van der Waals surface area contributed by atoms with Gasteiger partial charge in [-0.25, -0.2) is 0 Å². The van der Waals surface area contributed by atoms with Crippen molar-refractivity contribution in [2.75, 3.05) is 43.5 Å². The molecule has 0 atom stereocenters. The van der Waals surface area contributed by atoms with E-state index in [-0.39, 0.29) is 28.8 Å². The third kappa shape index (κ3) is 7.05. The summed E-state index contributed by atoms with van der Waals surface area (Å²) >= 11 is 5.63. The van der Waals surface area contributed by atoms with Crippen molar-refractivity contribution in [3.05, 3.63) is 41.0 Å². The highest BCUT2D eigenvalue weighted by atomic mass is 35.5. The molecule has 0 aliphatic carbocycles. The number of carbonyl (C=O) groups is 2. The van der Waals surface area contributed by atoms with Gasteiger partial charge in [-0.15, -0.1) is 23.4 Å². The van der Waals surface area contributed by atoms with Crippen LogP contribution < -0.4 is 15.4 Å². The van der Waals surface area contributed by atoms with E-state index in [2.05, 4.69) is 25.6 Å². The molecule has 2 N–H and O–H groups in total. The first kappa shape index (κ1) is 22.7. The van der Waals surface area contributed by atoms with Crippen molar-refractivity contribution in [2.45, 2.75) is 6.36 Å². The van der Waals surface area contributed by atoms with Gasteiger partial charge in [-0.3, -0.25) is 14.5 Å². The van der Waals surface area contributed by atoms with Crippen LogP contribution in [0.4, 0.5) is 24.7 Å². The molecular formula is C18H17ClF3N5O4. The highest BCUT2D eigenvalue weighted by molar-refractivity contribution is 6.29. The molecule has 166 valence electrons. The van der Waals surface area contributed by atoms with Crippen molar-refractivity contribution in [1.82, 2.24) is 15.1 Å². The van der Waals surface area contributed by atoms with Gasteiger partial charge in [0.25, 0.3) is 5.91 Å². The van der Waals surface area contributed by atoms with Crippen molar-refractivity contribution in [2.24, 2.45) is 0 Å². The van der Waals surface area contributed by atoms with Gasteiger partial charge >= 0.3 is 6.36 Å². The number of morpholine rings is 1. The molecule has 0 unspecified atom stereocenters. The van der Waals surface area contributed by atoms with Crippen LogP contribution in [0.25, 0.3) is 0 Å². The molecule has 1 aromatic heterocycles. The smallest absolute Gasteiger partial charge is 0.404 e. The van der Waals surface area contributed by atoms with Gasteiger partial charge < -0.3 is 20.1 Å². The van der Waals surface area contributed by atoms with Crippen molar-refractivity contribution in [3.63, 3.8) is 0 Å². The normalized spacial score (nSPS) is 14.7. The molecule has 1 aliphatic heterocycles. The summed E-state index contributed by atoms with van der Waals surface area (Å²) in [6.07, 6.45) is -4.98. The van der Waals surface area contributed by atoms with Gasteiger partial charge in [-0.2, -0.15) is 0 Å². The van der Waals surface area contributed by atoms with Crippen molar-refractivity contribution in [3.8, 4) is 5.75 Å². The third-order valence-electron chi connectivity index (χ3n) is 4.09. The van der Waals surface area contributed by atoms with Crippen LogP contribution in [0.5, 0.6) is 5.75 Å². The lowest BCUT2D eigenvalue weighted by atomic mass is 10.1. The highest BCUT2D eigenvalue weighted by Gasteiger charge is 2.32. The number of halogens is 4. The average Bonchev–Trinajstić information content (AvgIpc) is 2.70. The summed E-state index contributed by atoms with van der Waals surface area (Å²) in [5, 5.41) is 12.2. The van der Waals surface area contributed by atoms with Crippen LogP contribution >= 0.6 is 11.6 Å². The molecule has 3 rings (SSSR count). The maximum Gasteiger partial charge on any atom is 0.573 e. The summed E-state index contributed by atoms with van der Waals surface area (Å²) in [6.45, 7) is 1.90. The minimum atomic E-state index is -4.98. The van der Waals surface area contributed by atoms with Crippen LogP contribution in [-0.2, 0) is 9.53 Å². The van der Waals surface area contributed by atoms with Crippen LogP contribution in [0.15, 0.2) is 30.3 Å². The summed E-state index contributed by atoms with van der Waals surface area (Å²) in [4.78, 5) is 26.6. The van der Waals surface area contributed by atoms with Gasteiger partial charge in [-0.1, -0.05) is 11.6 Å². The first-order valence-electron chi connectivity index (χ1n) is 9.00. The second-order valence-corrected chi connectivity index (χ2v) is 6.78. The van der Waals surface area contributed by atoms with E-state index in [1.54, 1.807) is 4.90 Å². The molecule has 1 fully saturated rings. The van der Waals surface area contributed by atoms with Gasteiger partial charge in [0.15, 0.2) is 16.7 Å². The molecule has 9 nitrogen and oxygen atoms in total. The maximum atomic E-state index is 12.7. The van der Waals surface area contributed by atoms with E-state index in [0.29, 0.717) is 26.3 Å². The fourth-order valence-corrected chi connectivity index (χ4v) is 2.81. The summed E-state index contributed by atoms with van der Waals surface area (Å²) in [6, 6.07) is 5.95. The van der Waals surface area contributed by atoms with E-state index in [9.17, 15) is 22.8 Å². The van der Waals surface area contributed by atoms with Crippen molar-refractivity contribution < 1.29 is 32.2 Å². The number of hydrogen-bond donors (Lipinski definition) is 2. The molecule has 1 saturated heterocycles. The van der Waals surface area contributed by atoms with Gasteiger partial charge in [0.2, 0.25) is 5.91 Å². The van der Waals surface area contributed by atoms with E-state index in [1.165, 1.54) is 12.1 Å². The Bertz CT molecular complexity index is 937. The molecule has 0 radical (unpaired) electrons. The Kier molecular flexibility index (Phi) is 7.25. The quantitative estimate of drug-likeness (QED) is 0.683. The largest absolute Gasteiger partial charge is 0.573 e. The monoisotopic (exact) mass is 459 g/mol. The number of rotatable bonds is 6. The Morgan fingerprint density at radius 1 is 1.13 bits per heavy atom. The lowest BCUT2D eigenvalue weighted by molar-refractivity contribution is -0.274. The summed E-state index contributed by atoms with van der Waals surface area (Å²) in [7, 11) is 0. The minimum absolute atomic E-state index is 0.0343. The molecule has 0 spiro atoms. The molecule has 0 bridgehead atoms. The van der Waals surface area contributed by atoms with Crippen LogP contribution in [-0.4, -0.2) is 66.1 Å². The van der Waals surface area contributed by atoms with Crippen LogP contribution in [0.1, 0.15) is 10.4 Å². The standard InChI is InChI=1S/C18H17ClF3N5O4/c19-14-3-4-15(26-25-14)24-17(29)11-1-2-13(31-18(20,21)22)12(9-11)23-16(28)10-27-5-7-30-8-6-27/h1-4,9H,5-8,10H2,(H,23,28)(H,24,26,29). The molecule has 2 heterocycles. The first-order valence-corrected chi connectivity index (χ1v) is 9.38. The topological polar surface area (TPSA) is 106 Å². The van der Waals surface area contributed by atoms with E-state index in [0.717, 1.165) is 18.2 Å². The van der Waals surface area contributed by atoms with Crippen LogP contribution in [0, 0.1) is 0 Å². The van der Waals surface area contributed by atoms with Gasteiger partial charge in [-0.05, 0) is 30.3 Å².